The highest BCUT2D eigenvalue weighted by Crippen LogP contribution is 2.13. The molecule has 0 atom stereocenters. The van der Waals surface area contributed by atoms with Crippen LogP contribution in [-0.2, 0) is 12.8 Å². The van der Waals surface area contributed by atoms with Crippen LogP contribution in [0.25, 0.3) is 0 Å². The molecule has 0 aliphatic carbocycles. The van der Waals surface area contributed by atoms with Gasteiger partial charge in [0.15, 0.2) is 5.78 Å². The quantitative estimate of drug-likeness (QED) is 0.722. The number of aryl methyl sites for hydroxylation is 1. The van der Waals surface area contributed by atoms with Crippen molar-refractivity contribution < 1.29 is 4.79 Å². The molecule has 0 amide bonds. The van der Waals surface area contributed by atoms with Crippen LogP contribution in [0.3, 0.4) is 0 Å². The van der Waals surface area contributed by atoms with Gasteiger partial charge in [0.25, 0.3) is 0 Å². The molecule has 0 saturated heterocycles. The minimum Gasteiger partial charge on any atom is -0.294 e. The molecule has 1 nitrogen and oxygen atoms in total. The van der Waals surface area contributed by atoms with Gasteiger partial charge in [-0.15, -0.1) is 0 Å². The summed E-state index contributed by atoms with van der Waals surface area (Å²) in [6, 6.07) is 16.2. The number of hydrogen-bond acceptors (Lipinski definition) is 1. The minimum absolute atomic E-state index is 0.194. The van der Waals surface area contributed by atoms with Crippen LogP contribution < -0.4 is 0 Å². The first-order chi connectivity index (χ1) is 9.54. The van der Waals surface area contributed by atoms with Crippen LogP contribution in [0.1, 0.15) is 40.9 Å². The van der Waals surface area contributed by atoms with E-state index in [4.69, 9.17) is 0 Å². The number of benzene rings is 2. The van der Waals surface area contributed by atoms with Crippen molar-refractivity contribution in [1.82, 2.24) is 0 Å². The van der Waals surface area contributed by atoms with Crippen molar-refractivity contribution in [3.63, 3.8) is 0 Å². The van der Waals surface area contributed by atoms with E-state index in [-0.39, 0.29) is 5.78 Å². The van der Waals surface area contributed by atoms with Gasteiger partial charge >= 0.3 is 0 Å². The average Bonchev–Trinajstić information content (AvgIpc) is 2.41. The lowest BCUT2D eigenvalue weighted by molar-refractivity contribution is 0.0993. The van der Waals surface area contributed by atoms with Crippen molar-refractivity contribution in [3.8, 4) is 0 Å². The lowest BCUT2D eigenvalue weighted by Gasteiger charge is -2.07. The standard InChI is InChI=1S/C19H22O/c1-14(2)11-17-5-4-6-18(12-17)19(20)13-16-9-7-15(3)8-10-16/h4-10,12,14H,11,13H2,1-3H3. The van der Waals surface area contributed by atoms with E-state index in [0.717, 1.165) is 17.5 Å². The molecule has 2 aromatic carbocycles. The Morgan fingerprint density at radius 1 is 1.00 bits per heavy atom. The number of rotatable bonds is 5. The zero-order valence-electron chi connectivity index (χ0n) is 12.5. The second-order valence-corrected chi connectivity index (χ2v) is 5.88. The first kappa shape index (κ1) is 14.5. The normalized spacial score (nSPS) is 10.8. The van der Waals surface area contributed by atoms with E-state index >= 15 is 0 Å². The molecular formula is C19H22O. The largest absolute Gasteiger partial charge is 0.294 e. The molecule has 0 aliphatic heterocycles. The van der Waals surface area contributed by atoms with Crippen molar-refractivity contribution in [3.05, 3.63) is 70.8 Å². The molecule has 0 aliphatic rings. The van der Waals surface area contributed by atoms with Crippen LogP contribution >= 0.6 is 0 Å². The smallest absolute Gasteiger partial charge is 0.167 e. The van der Waals surface area contributed by atoms with Crippen molar-refractivity contribution >= 4 is 5.78 Å². The van der Waals surface area contributed by atoms with Gasteiger partial charge in [-0.05, 0) is 36.5 Å². The van der Waals surface area contributed by atoms with Crippen LogP contribution in [0.15, 0.2) is 48.5 Å². The Morgan fingerprint density at radius 2 is 1.70 bits per heavy atom. The minimum atomic E-state index is 0.194. The highest BCUT2D eigenvalue weighted by atomic mass is 16.1. The van der Waals surface area contributed by atoms with E-state index in [9.17, 15) is 4.79 Å². The molecule has 0 aromatic heterocycles. The zero-order valence-corrected chi connectivity index (χ0v) is 12.5. The lowest BCUT2D eigenvalue weighted by atomic mass is 9.97. The van der Waals surface area contributed by atoms with Crippen molar-refractivity contribution in [2.75, 3.05) is 0 Å². The molecule has 0 fully saturated rings. The third kappa shape index (κ3) is 4.06. The Bertz CT molecular complexity index is 579. The summed E-state index contributed by atoms with van der Waals surface area (Å²) in [6.45, 7) is 6.45. The fourth-order valence-electron chi connectivity index (χ4n) is 2.34. The average molecular weight is 266 g/mol. The van der Waals surface area contributed by atoms with Crippen molar-refractivity contribution in [2.45, 2.75) is 33.6 Å². The lowest BCUT2D eigenvalue weighted by Crippen LogP contribution is -2.05. The molecule has 0 spiro atoms. The summed E-state index contributed by atoms with van der Waals surface area (Å²) >= 11 is 0. The second-order valence-electron chi connectivity index (χ2n) is 5.88. The molecule has 2 aromatic rings. The maximum absolute atomic E-state index is 12.3. The molecule has 0 unspecified atom stereocenters. The fourth-order valence-corrected chi connectivity index (χ4v) is 2.34. The van der Waals surface area contributed by atoms with E-state index < -0.39 is 0 Å². The van der Waals surface area contributed by atoms with Gasteiger partial charge in [0.1, 0.15) is 0 Å². The van der Waals surface area contributed by atoms with Gasteiger partial charge in [0, 0.05) is 12.0 Å². The van der Waals surface area contributed by atoms with E-state index in [1.54, 1.807) is 0 Å². The van der Waals surface area contributed by atoms with E-state index in [0.29, 0.717) is 12.3 Å². The predicted molar refractivity (Wildman–Crippen MR) is 84.2 cm³/mol. The molecule has 0 N–H and O–H groups in total. The Labute approximate surface area is 121 Å². The van der Waals surface area contributed by atoms with Gasteiger partial charge < -0.3 is 0 Å². The molecule has 0 radical (unpaired) electrons. The summed E-state index contributed by atoms with van der Waals surface area (Å²) in [7, 11) is 0. The summed E-state index contributed by atoms with van der Waals surface area (Å²) < 4.78 is 0. The summed E-state index contributed by atoms with van der Waals surface area (Å²) in [4.78, 5) is 12.3. The summed E-state index contributed by atoms with van der Waals surface area (Å²) in [5.41, 5.74) is 4.37. The summed E-state index contributed by atoms with van der Waals surface area (Å²) in [5.74, 6) is 0.803. The monoisotopic (exact) mass is 266 g/mol. The van der Waals surface area contributed by atoms with Crippen molar-refractivity contribution in [2.24, 2.45) is 5.92 Å². The molecule has 20 heavy (non-hydrogen) atoms. The maximum Gasteiger partial charge on any atom is 0.167 e. The molecule has 2 rings (SSSR count). The van der Waals surface area contributed by atoms with Gasteiger partial charge in [-0.2, -0.15) is 0 Å². The number of Topliss-reactive ketones (excluding diaryl/α,β-unsaturated/α-hetero) is 1. The van der Waals surface area contributed by atoms with Crippen molar-refractivity contribution in [1.29, 1.82) is 0 Å². The molecule has 0 bridgehead atoms. The van der Waals surface area contributed by atoms with E-state index in [1.807, 2.05) is 30.3 Å². The summed E-state index contributed by atoms with van der Waals surface area (Å²) in [6.07, 6.45) is 1.50. The number of hydrogen-bond donors (Lipinski definition) is 0. The molecular weight excluding hydrogens is 244 g/mol. The van der Waals surface area contributed by atoms with Gasteiger partial charge in [-0.3, -0.25) is 4.79 Å². The van der Waals surface area contributed by atoms with Gasteiger partial charge in [-0.25, -0.2) is 0 Å². The van der Waals surface area contributed by atoms with Crippen LogP contribution in [0, 0.1) is 12.8 Å². The Morgan fingerprint density at radius 3 is 2.35 bits per heavy atom. The Balaban J connectivity index is 2.10. The van der Waals surface area contributed by atoms with E-state index in [2.05, 4.69) is 39.0 Å². The number of carbonyl (C=O) groups excluding carboxylic acids is 1. The van der Waals surface area contributed by atoms with Gasteiger partial charge in [-0.1, -0.05) is 61.9 Å². The zero-order chi connectivity index (χ0) is 14.5. The van der Waals surface area contributed by atoms with Gasteiger partial charge in [0.2, 0.25) is 0 Å². The fraction of sp³-hybridized carbons (Fsp3) is 0.316. The molecule has 0 saturated carbocycles. The Kier molecular flexibility index (Phi) is 4.73. The maximum atomic E-state index is 12.3. The SMILES string of the molecule is Cc1ccc(CC(=O)c2cccc(CC(C)C)c2)cc1. The number of ketones is 1. The number of carbonyl (C=O) groups is 1. The molecule has 1 heteroatoms. The van der Waals surface area contributed by atoms with Crippen LogP contribution in [0.5, 0.6) is 0 Å². The third-order valence-electron chi connectivity index (χ3n) is 3.38. The first-order valence-corrected chi connectivity index (χ1v) is 7.22. The van der Waals surface area contributed by atoms with Gasteiger partial charge in [0.05, 0.1) is 0 Å². The second kappa shape index (κ2) is 6.51. The van der Waals surface area contributed by atoms with E-state index in [1.165, 1.54) is 11.1 Å². The highest BCUT2D eigenvalue weighted by Gasteiger charge is 2.08. The van der Waals surface area contributed by atoms with Crippen LogP contribution in [0.4, 0.5) is 0 Å². The highest BCUT2D eigenvalue weighted by molar-refractivity contribution is 5.97. The molecule has 104 valence electrons. The topological polar surface area (TPSA) is 17.1 Å². The first-order valence-electron chi connectivity index (χ1n) is 7.22. The van der Waals surface area contributed by atoms with Crippen LogP contribution in [0.2, 0.25) is 0 Å². The third-order valence-corrected chi connectivity index (χ3v) is 3.38. The summed E-state index contributed by atoms with van der Waals surface area (Å²) in [5, 5.41) is 0. The molecule has 0 heterocycles. The van der Waals surface area contributed by atoms with Crippen LogP contribution in [-0.4, -0.2) is 5.78 Å². The Hall–Kier alpha value is -1.89. The predicted octanol–water partition coefficient (Wildman–Crippen LogP) is 4.62.